The molecule has 0 bridgehead atoms. The molecule has 0 fully saturated rings. The number of halogens is 2. The molecule has 0 amide bonds. The van der Waals surface area contributed by atoms with Crippen LogP contribution in [0.5, 0.6) is 0 Å². The van der Waals surface area contributed by atoms with E-state index in [0.29, 0.717) is 12.4 Å². The molecule has 0 aliphatic heterocycles. The zero-order valence-electron chi connectivity index (χ0n) is 15.2. The number of rotatable bonds is 5. The van der Waals surface area contributed by atoms with Crippen LogP contribution < -0.4 is 5.32 Å². The fourth-order valence-corrected chi connectivity index (χ4v) is 2.78. The topological polar surface area (TPSA) is 59.8 Å². The second kappa shape index (κ2) is 8.02. The molecule has 5 nitrogen and oxygen atoms in total. The lowest BCUT2D eigenvalue weighted by Gasteiger charge is -2.07. The second-order valence-corrected chi connectivity index (χ2v) is 6.33. The summed E-state index contributed by atoms with van der Waals surface area (Å²) >= 11 is 0. The Morgan fingerprint density at radius 3 is 2.14 bits per heavy atom. The number of hydrogen-bond donors (Lipinski definition) is 1. The van der Waals surface area contributed by atoms with Crippen LogP contribution in [-0.4, -0.2) is 20.7 Å². The smallest absolute Gasteiger partial charge is 0.281 e. The highest BCUT2D eigenvalue weighted by molar-refractivity contribution is 5.97. The number of anilines is 1. The summed E-state index contributed by atoms with van der Waals surface area (Å²) in [5, 5.41) is 7.42. The SMILES string of the molecule is O=C(c1ccc(F)cc1)n1nc(-c2ccccc2)nc1NCc1ccc(F)cc1. The number of benzene rings is 3. The minimum atomic E-state index is -0.443. The normalized spacial score (nSPS) is 10.7. The quantitative estimate of drug-likeness (QED) is 0.544. The van der Waals surface area contributed by atoms with Crippen LogP contribution >= 0.6 is 0 Å². The van der Waals surface area contributed by atoms with Gasteiger partial charge in [-0.2, -0.15) is 9.67 Å². The van der Waals surface area contributed by atoms with Gasteiger partial charge in [-0.1, -0.05) is 42.5 Å². The van der Waals surface area contributed by atoms with Gasteiger partial charge < -0.3 is 5.32 Å². The number of carbonyl (C=O) groups excluding carboxylic acids is 1. The highest BCUT2D eigenvalue weighted by Crippen LogP contribution is 2.19. The Bertz CT molecular complexity index is 1120. The fraction of sp³-hybridized carbons (Fsp3) is 0.0455. The van der Waals surface area contributed by atoms with Crippen molar-refractivity contribution in [3.05, 3.63) is 102 Å². The minimum Gasteiger partial charge on any atom is -0.350 e. The van der Waals surface area contributed by atoms with Crippen LogP contribution in [0, 0.1) is 11.6 Å². The molecule has 0 aliphatic carbocycles. The summed E-state index contributed by atoms with van der Waals surface area (Å²) in [4.78, 5) is 17.4. The van der Waals surface area contributed by atoms with E-state index in [1.165, 1.54) is 36.4 Å². The lowest BCUT2D eigenvalue weighted by molar-refractivity contribution is 0.0947. The second-order valence-electron chi connectivity index (χ2n) is 6.33. The van der Waals surface area contributed by atoms with Crippen molar-refractivity contribution < 1.29 is 13.6 Å². The average molecular weight is 390 g/mol. The fourth-order valence-electron chi connectivity index (χ4n) is 2.78. The molecule has 0 saturated carbocycles. The maximum atomic E-state index is 13.2. The lowest BCUT2D eigenvalue weighted by Crippen LogP contribution is -2.17. The molecule has 7 heteroatoms. The number of hydrogen-bond acceptors (Lipinski definition) is 4. The Kier molecular flexibility index (Phi) is 5.11. The Labute approximate surface area is 165 Å². The van der Waals surface area contributed by atoms with Crippen LogP contribution in [0.25, 0.3) is 11.4 Å². The summed E-state index contributed by atoms with van der Waals surface area (Å²) in [6, 6.07) is 20.5. The molecule has 0 unspecified atom stereocenters. The van der Waals surface area contributed by atoms with Gasteiger partial charge in [-0.05, 0) is 42.0 Å². The van der Waals surface area contributed by atoms with E-state index in [1.807, 2.05) is 30.3 Å². The van der Waals surface area contributed by atoms with Crippen molar-refractivity contribution in [1.29, 1.82) is 0 Å². The zero-order valence-corrected chi connectivity index (χ0v) is 15.2. The van der Waals surface area contributed by atoms with Gasteiger partial charge in [0.05, 0.1) is 0 Å². The van der Waals surface area contributed by atoms with Crippen LogP contribution in [0.2, 0.25) is 0 Å². The maximum absolute atomic E-state index is 13.2. The van der Waals surface area contributed by atoms with E-state index in [0.717, 1.165) is 15.8 Å². The first-order valence-electron chi connectivity index (χ1n) is 8.91. The largest absolute Gasteiger partial charge is 0.350 e. The molecule has 0 spiro atoms. The van der Waals surface area contributed by atoms with Crippen molar-refractivity contribution in [3.8, 4) is 11.4 Å². The van der Waals surface area contributed by atoms with Gasteiger partial charge in [0.2, 0.25) is 5.95 Å². The Morgan fingerprint density at radius 2 is 1.48 bits per heavy atom. The monoisotopic (exact) mass is 390 g/mol. The molecule has 4 rings (SSSR count). The predicted molar refractivity (Wildman–Crippen MR) is 105 cm³/mol. The predicted octanol–water partition coefficient (Wildman–Crippen LogP) is 4.52. The van der Waals surface area contributed by atoms with Gasteiger partial charge in [0.15, 0.2) is 5.82 Å². The number of nitrogens with zero attached hydrogens (tertiary/aromatic N) is 3. The van der Waals surface area contributed by atoms with Gasteiger partial charge in [0, 0.05) is 17.7 Å². The summed E-state index contributed by atoms with van der Waals surface area (Å²) in [5.74, 6) is -0.582. The highest BCUT2D eigenvalue weighted by atomic mass is 19.1. The zero-order chi connectivity index (χ0) is 20.2. The van der Waals surface area contributed by atoms with Crippen molar-refractivity contribution in [2.45, 2.75) is 6.54 Å². The molecule has 1 heterocycles. The first-order valence-corrected chi connectivity index (χ1v) is 8.91. The third-order valence-corrected chi connectivity index (χ3v) is 4.29. The van der Waals surface area contributed by atoms with Gasteiger partial charge in [-0.3, -0.25) is 4.79 Å². The van der Waals surface area contributed by atoms with Gasteiger partial charge in [0.1, 0.15) is 11.6 Å². The molecule has 4 aromatic rings. The molecular weight excluding hydrogens is 374 g/mol. The van der Waals surface area contributed by atoms with E-state index in [2.05, 4.69) is 15.4 Å². The molecule has 29 heavy (non-hydrogen) atoms. The van der Waals surface area contributed by atoms with E-state index in [4.69, 9.17) is 0 Å². The van der Waals surface area contributed by atoms with E-state index < -0.39 is 11.7 Å². The highest BCUT2D eigenvalue weighted by Gasteiger charge is 2.18. The van der Waals surface area contributed by atoms with Crippen molar-refractivity contribution in [3.63, 3.8) is 0 Å². The van der Waals surface area contributed by atoms with Gasteiger partial charge in [-0.15, -0.1) is 5.10 Å². The van der Waals surface area contributed by atoms with Crippen molar-refractivity contribution in [2.75, 3.05) is 5.32 Å². The van der Waals surface area contributed by atoms with Gasteiger partial charge in [-0.25, -0.2) is 8.78 Å². The van der Waals surface area contributed by atoms with Crippen LogP contribution in [0.4, 0.5) is 14.7 Å². The van der Waals surface area contributed by atoms with E-state index >= 15 is 0 Å². The Morgan fingerprint density at radius 1 is 0.862 bits per heavy atom. The minimum absolute atomic E-state index is 0.238. The third kappa shape index (κ3) is 4.19. The van der Waals surface area contributed by atoms with Crippen LogP contribution in [-0.2, 0) is 6.54 Å². The molecule has 0 radical (unpaired) electrons. The molecule has 1 aromatic heterocycles. The maximum Gasteiger partial charge on any atom is 0.281 e. The summed E-state index contributed by atoms with van der Waals surface area (Å²) in [6.07, 6.45) is 0. The van der Waals surface area contributed by atoms with Gasteiger partial charge >= 0.3 is 0 Å². The lowest BCUT2D eigenvalue weighted by atomic mass is 10.2. The van der Waals surface area contributed by atoms with Crippen molar-refractivity contribution in [2.24, 2.45) is 0 Å². The Balaban J connectivity index is 1.67. The molecule has 3 aromatic carbocycles. The molecular formula is C22H16F2N4O. The number of carbonyl (C=O) groups is 1. The first-order chi connectivity index (χ1) is 14.1. The van der Waals surface area contributed by atoms with Crippen molar-refractivity contribution >= 4 is 11.9 Å². The number of nitrogens with one attached hydrogen (secondary N) is 1. The molecule has 1 N–H and O–H groups in total. The summed E-state index contributed by atoms with van der Waals surface area (Å²) in [6.45, 7) is 0.323. The van der Waals surface area contributed by atoms with E-state index in [1.54, 1.807) is 12.1 Å². The average Bonchev–Trinajstić information content (AvgIpc) is 3.18. The first kappa shape index (κ1) is 18.5. The van der Waals surface area contributed by atoms with Crippen LogP contribution in [0.3, 0.4) is 0 Å². The molecule has 0 atom stereocenters. The van der Waals surface area contributed by atoms with E-state index in [9.17, 15) is 13.6 Å². The summed E-state index contributed by atoms with van der Waals surface area (Å²) < 4.78 is 27.5. The summed E-state index contributed by atoms with van der Waals surface area (Å²) in [5.41, 5.74) is 1.85. The third-order valence-electron chi connectivity index (χ3n) is 4.29. The van der Waals surface area contributed by atoms with Crippen molar-refractivity contribution in [1.82, 2.24) is 14.8 Å². The molecule has 144 valence electrons. The Hall–Kier alpha value is -3.87. The van der Waals surface area contributed by atoms with Crippen LogP contribution in [0.1, 0.15) is 15.9 Å². The van der Waals surface area contributed by atoms with Gasteiger partial charge in [0.25, 0.3) is 5.91 Å². The summed E-state index contributed by atoms with van der Waals surface area (Å²) in [7, 11) is 0. The van der Waals surface area contributed by atoms with Crippen LogP contribution in [0.15, 0.2) is 78.9 Å². The number of aromatic nitrogens is 3. The van der Waals surface area contributed by atoms with E-state index in [-0.39, 0.29) is 17.3 Å². The molecule has 0 saturated heterocycles. The molecule has 0 aliphatic rings. The standard InChI is InChI=1S/C22H16F2N4O/c23-18-10-6-15(7-11-18)14-25-22-26-20(16-4-2-1-3-5-16)27-28(22)21(29)17-8-12-19(24)13-9-17/h1-13H,14H2,(H,25,26,27).